The van der Waals surface area contributed by atoms with Crippen molar-refractivity contribution in [3.05, 3.63) is 39.9 Å². The Bertz CT molecular complexity index is 550. The Balaban J connectivity index is 2.66. The van der Waals surface area contributed by atoms with Crippen molar-refractivity contribution < 1.29 is 0 Å². The average molecular weight is 237 g/mol. The van der Waals surface area contributed by atoms with Gasteiger partial charge in [0.1, 0.15) is 0 Å². The van der Waals surface area contributed by atoms with Gasteiger partial charge in [-0.3, -0.25) is 0 Å². The lowest BCUT2D eigenvalue weighted by Crippen LogP contribution is -2.02. The van der Waals surface area contributed by atoms with Crippen LogP contribution in [0.1, 0.15) is 5.69 Å². The van der Waals surface area contributed by atoms with Crippen molar-refractivity contribution >= 4 is 23.1 Å². The van der Waals surface area contributed by atoms with Crippen LogP contribution in [0.5, 0.6) is 0 Å². The van der Waals surface area contributed by atoms with Gasteiger partial charge in [-0.1, -0.05) is 23.7 Å². The second kappa shape index (κ2) is 3.94. The third kappa shape index (κ3) is 1.55. The molecule has 0 amide bonds. The van der Waals surface area contributed by atoms with Crippen LogP contribution in [-0.4, -0.2) is 9.78 Å². The molecule has 1 aromatic carbocycles. The van der Waals surface area contributed by atoms with Gasteiger partial charge in [-0.25, -0.2) is 4.68 Å². The van der Waals surface area contributed by atoms with Crippen LogP contribution in [0.4, 0.5) is 11.5 Å². The van der Waals surface area contributed by atoms with E-state index in [0.717, 1.165) is 0 Å². The number of benzene rings is 1. The molecule has 16 heavy (non-hydrogen) atoms. The van der Waals surface area contributed by atoms with Crippen molar-refractivity contribution in [2.24, 2.45) is 5.18 Å². The zero-order chi connectivity index (χ0) is 11.7. The fraction of sp³-hybridized carbons (Fsp3) is 0.100. The fourth-order valence-corrected chi connectivity index (χ4v) is 1.67. The molecular weight excluding hydrogens is 228 g/mol. The van der Waals surface area contributed by atoms with E-state index in [4.69, 9.17) is 17.3 Å². The number of nitrogens with zero attached hydrogens (tertiary/aromatic N) is 3. The van der Waals surface area contributed by atoms with Crippen LogP contribution >= 0.6 is 11.6 Å². The van der Waals surface area contributed by atoms with Gasteiger partial charge in [0.05, 0.1) is 16.4 Å². The zero-order valence-electron chi connectivity index (χ0n) is 8.51. The van der Waals surface area contributed by atoms with Gasteiger partial charge in [-0.2, -0.15) is 5.10 Å². The number of halogens is 1. The first-order chi connectivity index (χ1) is 7.65. The molecule has 1 aromatic heterocycles. The van der Waals surface area contributed by atoms with Gasteiger partial charge in [0.2, 0.25) is 0 Å². The van der Waals surface area contributed by atoms with Crippen LogP contribution in [0.25, 0.3) is 5.69 Å². The summed E-state index contributed by atoms with van der Waals surface area (Å²) in [6.45, 7) is 1.67. The van der Waals surface area contributed by atoms with Gasteiger partial charge in [0, 0.05) is 0 Å². The summed E-state index contributed by atoms with van der Waals surface area (Å²) >= 11 is 6.01. The predicted molar refractivity (Wildman–Crippen MR) is 63.2 cm³/mol. The van der Waals surface area contributed by atoms with E-state index in [-0.39, 0.29) is 11.5 Å². The number of hydrogen-bond acceptors (Lipinski definition) is 4. The van der Waals surface area contributed by atoms with E-state index in [0.29, 0.717) is 16.4 Å². The first kappa shape index (κ1) is 10.6. The van der Waals surface area contributed by atoms with Gasteiger partial charge in [-0.15, -0.1) is 4.91 Å². The lowest BCUT2D eigenvalue weighted by Gasteiger charge is -2.05. The molecule has 6 heteroatoms. The Labute approximate surface area is 96.8 Å². The maximum Gasteiger partial charge on any atom is 0.172 e. The van der Waals surface area contributed by atoms with Gasteiger partial charge in [0.25, 0.3) is 0 Å². The summed E-state index contributed by atoms with van der Waals surface area (Å²) < 4.78 is 1.41. The zero-order valence-corrected chi connectivity index (χ0v) is 9.27. The van der Waals surface area contributed by atoms with Crippen LogP contribution in [-0.2, 0) is 0 Å². The lowest BCUT2D eigenvalue weighted by atomic mass is 10.3. The molecular formula is C10H9ClN4O. The number of rotatable bonds is 2. The van der Waals surface area contributed by atoms with E-state index in [2.05, 4.69) is 10.3 Å². The Morgan fingerprint density at radius 2 is 2.12 bits per heavy atom. The van der Waals surface area contributed by atoms with Crippen molar-refractivity contribution in [3.8, 4) is 5.69 Å². The molecule has 2 rings (SSSR count). The standard InChI is InChI=1S/C10H9ClN4O/c1-6-9(14-16)10(12)15(13-6)8-5-3-2-4-7(8)11/h2-5H,12H2,1H3. The van der Waals surface area contributed by atoms with Crippen LogP contribution in [0, 0.1) is 11.8 Å². The summed E-state index contributed by atoms with van der Waals surface area (Å²) in [7, 11) is 0. The minimum absolute atomic E-state index is 0.153. The Kier molecular flexibility index (Phi) is 2.62. The summed E-state index contributed by atoms with van der Waals surface area (Å²) in [6, 6.07) is 7.10. The van der Waals surface area contributed by atoms with Crippen molar-refractivity contribution in [3.63, 3.8) is 0 Å². The quantitative estimate of drug-likeness (QED) is 0.815. The largest absolute Gasteiger partial charge is 0.382 e. The highest BCUT2D eigenvalue weighted by molar-refractivity contribution is 6.32. The summed E-state index contributed by atoms with van der Waals surface area (Å²) in [4.78, 5) is 10.6. The van der Waals surface area contributed by atoms with Crippen molar-refractivity contribution in [2.75, 3.05) is 5.73 Å². The smallest absolute Gasteiger partial charge is 0.172 e. The number of hydrogen-bond donors (Lipinski definition) is 1. The molecule has 82 valence electrons. The topological polar surface area (TPSA) is 73.3 Å². The molecule has 0 spiro atoms. The summed E-state index contributed by atoms with van der Waals surface area (Å²) in [5, 5.41) is 7.48. The number of aryl methyl sites for hydroxylation is 1. The van der Waals surface area contributed by atoms with Gasteiger partial charge >= 0.3 is 0 Å². The van der Waals surface area contributed by atoms with Crippen molar-refractivity contribution in [1.29, 1.82) is 0 Å². The number of anilines is 1. The second-order valence-corrected chi connectivity index (χ2v) is 3.68. The molecule has 0 fully saturated rings. The van der Waals surface area contributed by atoms with E-state index in [1.54, 1.807) is 25.1 Å². The highest BCUT2D eigenvalue weighted by atomic mass is 35.5. The van der Waals surface area contributed by atoms with Gasteiger partial charge < -0.3 is 5.73 Å². The molecule has 0 saturated heterocycles. The molecule has 0 saturated carbocycles. The Morgan fingerprint density at radius 3 is 2.69 bits per heavy atom. The number of nitrogen functional groups attached to an aromatic ring is 1. The van der Waals surface area contributed by atoms with Crippen LogP contribution in [0.2, 0.25) is 5.02 Å². The molecule has 0 atom stereocenters. The van der Waals surface area contributed by atoms with Crippen LogP contribution in [0.15, 0.2) is 29.4 Å². The third-order valence-corrected chi connectivity index (χ3v) is 2.56. The van der Waals surface area contributed by atoms with E-state index in [1.165, 1.54) is 4.68 Å². The average Bonchev–Trinajstić information content (AvgIpc) is 2.55. The second-order valence-electron chi connectivity index (χ2n) is 3.27. The van der Waals surface area contributed by atoms with E-state index in [9.17, 15) is 4.91 Å². The van der Waals surface area contributed by atoms with Gasteiger partial charge in [-0.05, 0) is 24.2 Å². The Morgan fingerprint density at radius 1 is 1.44 bits per heavy atom. The lowest BCUT2D eigenvalue weighted by molar-refractivity contribution is 0.872. The van der Waals surface area contributed by atoms with Crippen LogP contribution < -0.4 is 5.73 Å². The highest BCUT2D eigenvalue weighted by Crippen LogP contribution is 2.30. The maximum atomic E-state index is 10.6. The predicted octanol–water partition coefficient (Wildman–Crippen LogP) is 2.81. The monoisotopic (exact) mass is 236 g/mol. The van der Waals surface area contributed by atoms with Crippen molar-refractivity contribution in [2.45, 2.75) is 6.92 Å². The first-order valence-corrected chi connectivity index (χ1v) is 4.96. The molecule has 0 radical (unpaired) electrons. The number of para-hydroxylation sites is 1. The highest BCUT2D eigenvalue weighted by Gasteiger charge is 2.15. The number of aromatic nitrogens is 2. The fourth-order valence-electron chi connectivity index (χ4n) is 1.46. The van der Waals surface area contributed by atoms with E-state index < -0.39 is 0 Å². The summed E-state index contributed by atoms with van der Waals surface area (Å²) in [5.74, 6) is 0.195. The molecule has 0 aliphatic heterocycles. The summed E-state index contributed by atoms with van der Waals surface area (Å²) in [6.07, 6.45) is 0. The minimum atomic E-state index is 0.153. The van der Waals surface area contributed by atoms with E-state index in [1.807, 2.05) is 6.07 Å². The van der Waals surface area contributed by atoms with E-state index >= 15 is 0 Å². The molecule has 0 aliphatic carbocycles. The first-order valence-electron chi connectivity index (χ1n) is 4.58. The molecule has 2 N–H and O–H groups in total. The SMILES string of the molecule is Cc1nn(-c2ccccc2Cl)c(N)c1N=O. The normalized spacial score (nSPS) is 10.4. The molecule has 1 heterocycles. The molecule has 2 aromatic rings. The number of nitroso groups, excluding NO2 is 1. The Hall–Kier alpha value is -1.88. The summed E-state index contributed by atoms with van der Waals surface area (Å²) in [5.41, 5.74) is 7.02. The van der Waals surface area contributed by atoms with Crippen molar-refractivity contribution in [1.82, 2.24) is 9.78 Å². The molecule has 0 bridgehead atoms. The molecule has 0 unspecified atom stereocenters. The number of nitrogens with two attached hydrogens (primary N) is 1. The molecule has 0 aliphatic rings. The maximum absolute atomic E-state index is 10.6. The third-order valence-electron chi connectivity index (χ3n) is 2.24. The minimum Gasteiger partial charge on any atom is -0.382 e. The van der Waals surface area contributed by atoms with Crippen LogP contribution in [0.3, 0.4) is 0 Å². The molecule has 5 nitrogen and oxygen atoms in total. The van der Waals surface area contributed by atoms with Gasteiger partial charge in [0.15, 0.2) is 11.5 Å².